The molecule has 2 heteroatoms. The summed E-state index contributed by atoms with van der Waals surface area (Å²) in [4.78, 5) is 0. The van der Waals surface area contributed by atoms with Gasteiger partial charge >= 0.3 is 0 Å². The molecule has 0 heterocycles. The molecule has 1 fully saturated rings. The molecule has 13 heavy (non-hydrogen) atoms. The number of nitrogens with zero attached hydrogens (tertiary/aromatic N) is 1. The number of hydrogen-bond donors (Lipinski definition) is 1. The minimum atomic E-state index is -0.405. The largest absolute Gasteiger partial charge is 0.391 e. The van der Waals surface area contributed by atoms with Gasteiger partial charge in [-0.3, -0.25) is 0 Å². The Labute approximate surface area is 80.6 Å². The molecule has 0 bridgehead atoms. The summed E-state index contributed by atoms with van der Waals surface area (Å²) in [6.07, 6.45) is 4.19. The van der Waals surface area contributed by atoms with Gasteiger partial charge in [-0.25, -0.2) is 0 Å². The maximum absolute atomic E-state index is 9.81. The molecule has 0 amide bonds. The van der Waals surface area contributed by atoms with Gasteiger partial charge in [0.25, 0.3) is 0 Å². The molecule has 0 saturated heterocycles. The Kier molecular flexibility index (Phi) is 3.74. The molecule has 1 rings (SSSR count). The fourth-order valence-corrected chi connectivity index (χ4v) is 2.11. The lowest BCUT2D eigenvalue weighted by Crippen LogP contribution is -2.29. The zero-order valence-corrected chi connectivity index (χ0v) is 8.53. The van der Waals surface area contributed by atoms with Crippen molar-refractivity contribution in [2.75, 3.05) is 0 Å². The van der Waals surface area contributed by atoms with E-state index < -0.39 is 6.10 Å². The molecule has 0 aromatic heterocycles. The van der Waals surface area contributed by atoms with E-state index in [0.29, 0.717) is 5.92 Å². The fourth-order valence-electron chi connectivity index (χ4n) is 2.11. The van der Waals surface area contributed by atoms with E-state index in [1.54, 1.807) is 0 Å². The van der Waals surface area contributed by atoms with Gasteiger partial charge in [0, 0.05) is 0 Å². The predicted molar refractivity (Wildman–Crippen MR) is 51.9 cm³/mol. The van der Waals surface area contributed by atoms with Crippen molar-refractivity contribution in [3.05, 3.63) is 0 Å². The summed E-state index contributed by atoms with van der Waals surface area (Å²) in [6.45, 7) is 4.07. The molecule has 0 spiro atoms. The van der Waals surface area contributed by atoms with Crippen LogP contribution in [0.4, 0.5) is 0 Å². The molecule has 1 saturated carbocycles. The second-order valence-electron chi connectivity index (χ2n) is 4.43. The average Bonchev–Trinajstić information content (AvgIpc) is 2.17. The molecule has 0 aliphatic heterocycles. The number of rotatable bonds is 2. The fraction of sp³-hybridized carbons (Fsp3) is 0.909. The molecular formula is C11H19NO. The Morgan fingerprint density at radius 1 is 1.31 bits per heavy atom. The van der Waals surface area contributed by atoms with Crippen molar-refractivity contribution in [3.8, 4) is 6.07 Å². The van der Waals surface area contributed by atoms with Gasteiger partial charge in [0.05, 0.1) is 18.1 Å². The molecular weight excluding hydrogens is 162 g/mol. The van der Waals surface area contributed by atoms with Crippen LogP contribution in [0.25, 0.3) is 0 Å². The standard InChI is InChI=1S/C11H19NO/c1-8-3-5-10(6-4-8)11(13)9(2)7-12/h8-11,13H,3-6H2,1-2H3. The first-order valence-corrected chi connectivity index (χ1v) is 5.22. The minimum Gasteiger partial charge on any atom is -0.391 e. The molecule has 0 aromatic carbocycles. The number of hydrogen-bond acceptors (Lipinski definition) is 2. The summed E-state index contributed by atoms with van der Waals surface area (Å²) in [6, 6.07) is 2.12. The van der Waals surface area contributed by atoms with Crippen LogP contribution in [0.1, 0.15) is 39.5 Å². The summed E-state index contributed by atoms with van der Waals surface area (Å²) >= 11 is 0. The zero-order chi connectivity index (χ0) is 9.84. The molecule has 1 N–H and O–H groups in total. The average molecular weight is 181 g/mol. The van der Waals surface area contributed by atoms with Crippen LogP contribution in [0.3, 0.4) is 0 Å². The van der Waals surface area contributed by atoms with Gasteiger partial charge in [0.2, 0.25) is 0 Å². The number of aliphatic hydroxyl groups is 1. The SMILES string of the molecule is CC1CCC(C(O)C(C)C#N)CC1. The van der Waals surface area contributed by atoms with E-state index >= 15 is 0 Å². The zero-order valence-electron chi connectivity index (χ0n) is 8.53. The third-order valence-corrected chi connectivity index (χ3v) is 3.26. The third kappa shape index (κ3) is 2.70. The summed E-state index contributed by atoms with van der Waals surface area (Å²) in [5.41, 5.74) is 0. The van der Waals surface area contributed by atoms with Gasteiger partial charge in [0.1, 0.15) is 0 Å². The lowest BCUT2D eigenvalue weighted by Gasteiger charge is -2.30. The van der Waals surface area contributed by atoms with E-state index in [2.05, 4.69) is 13.0 Å². The van der Waals surface area contributed by atoms with Crippen molar-refractivity contribution in [1.29, 1.82) is 5.26 Å². The lowest BCUT2D eigenvalue weighted by atomic mass is 9.77. The van der Waals surface area contributed by atoms with Gasteiger partial charge in [-0.1, -0.05) is 19.8 Å². The highest BCUT2D eigenvalue weighted by molar-refractivity contribution is 4.89. The topological polar surface area (TPSA) is 44.0 Å². The van der Waals surface area contributed by atoms with E-state index in [0.717, 1.165) is 18.8 Å². The quantitative estimate of drug-likeness (QED) is 0.710. The smallest absolute Gasteiger partial charge is 0.0723 e. The van der Waals surface area contributed by atoms with Crippen LogP contribution in [0.15, 0.2) is 0 Å². The van der Waals surface area contributed by atoms with Gasteiger partial charge in [-0.2, -0.15) is 5.26 Å². The van der Waals surface area contributed by atoms with Gasteiger partial charge in [0.15, 0.2) is 0 Å². The molecule has 0 aromatic rings. The molecule has 1 aliphatic rings. The predicted octanol–water partition coefficient (Wildman–Crippen LogP) is 2.33. The van der Waals surface area contributed by atoms with E-state index in [4.69, 9.17) is 5.26 Å². The van der Waals surface area contributed by atoms with Crippen LogP contribution in [0.2, 0.25) is 0 Å². The van der Waals surface area contributed by atoms with Crippen LogP contribution in [0, 0.1) is 29.1 Å². The summed E-state index contributed by atoms with van der Waals surface area (Å²) < 4.78 is 0. The second kappa shape index (κ2) is 4.62. The Morgan fingerprint density at radius 3 is 2.31 bits per heavy atom. The van der Waals surface area contributed by atoms with Crippen molar-refractivity contribution < 1.29 is 5.11 Å². The van der Waals surface area contributed by atoms with Crippen LogP contribution in [0.5, 0.6) is 0 Å². The maximum Gasteiger partial charge on any atom is 0.0723 e. The van der Waals surface area contributed by atoms with Crippen LogP contribution in [-0.4, -0.2) is 11.2 Å². The van der Waals surface area contributed by atoms with E-state index in [1.807, 2.05) is 6.92 Å². The van der Waals surface area contributed by atoms with E-state index in [-0.39, 0.29) is 5.92 Å². The highest BCUT2D eigenvalue weighted by Crippen LogP contribution is 2.32. The first kappa shape index (κ1) is 10.5. The number of aliphatic hydroxyl groups excluding tert-OH is 1. The first-order chi connectivity index (χ1) is 6.15. The Morgan fingerprint density at radius 2 is 1.85 bits per heavy atom. The van der Waals surface area contributed by atoms with Gasteiger partial charge < -0.3 is 5.11 Å². The lowest BCUT2D eigenvalue weighted by molar-refractivity contribution is 0.0506. The third-order valence-electron chi connectivity index (χ3n) is 3.26. The normalized spacial score (nSPS) is 33.4. The van der Waals surface area contributed by atoms with Crippen molar-refractivity contribution in [2.24, 2.45) is 17.8 Å². The van der Waals surface area contributed by atoms with Crippen molar-refractivity contribution in [1.82, 2.24) is 0 Å². The monoisotopic (exact) mass is 181 g/mol. The van der Waals surface area contributed by atoms with Crippen molar-refractivity contribution in [2.45, 2.75) is 45.6 Å². The molecule has 2 unspecified atom stereocenters. The summed E-state index contributed by atoms with van der Waals surface area (Å²) in [5.74, 6) is 0.963. The molecule has 74 valence electrons. The highest BCUT2D eigenvalue weighted by Gasteiger charge is 2.27. The van der Waals surface area contributed by atoms with E-state index in [9.17, 15) is 5.11 Å². The Hall–Kier alpha value is -0.550. The Balaban J connectivity index is 2.40. The molecule has 2 nitrogen and oxygen atoms in total. The Bertz CT molecular complexity index is 189. The molecule has 1 aliphatic carbocycles. The van der Waals surface area contributed by atoms with Crippen LogP contribution >= 0.6 is 0 Å². The van der Waals surface area contributed by atoms with Crippen LogP contribution in [-0.2, 0) is 0 Å². The summed E-state index contributed by atoms with van der Waals surface area (Å²) in [5, 5.41) is 18.5. The van der Waals surface area contributed by atoms with Crippen LogP contribution < -0.4 is 0 Å². The highest BCUT2D eigenvalue weighted by atomic mass is 16.3. The second-order valence-corrected chi connectivity index (χ2v) is 4.43. The van der Waals surface area contributed by atoms with Gasteiger partial charge in [-0.05, 0) is 31.6 Å². The van der Waals surface area contributed by atoms with E-state index in [1.165, 1.54) is 12.8 Å². The van der Waals surface area contributed by atoms with Crippen molar-refractivity contribution in [3.63, 3.8) is 0 Å². The summed E-state index contributed by atoms with van der Waals surface area (Å²) in [7, 11) is 0. The van der Waals surface area contributed by atoms with Crippen molar-refractivity contribution >= 4 is 0 Å². The number of nitriles is 1. The van der Waals surface area contributed by atoms with Gasteiger partial charge in [-0.15, -0.1) is 0 Å². The maximum atomic E-state index is 9.81. The molecule has 2 atom stereocenters. The first-order valence-electron chi connectivity index (χ1n) is 5.22. The molecule has 0 radical (unpaired) electrons. The minimum absolute atomic E-state index is 0.210.